The molecule has 240 valence electrons. The number of carbonyl (C=O) groups is 1. The molecule has 5 N–H and O–H groups in total. The summed E-state index contributed by atoms with van der Waals surface area (Å²) in [5.74, 6) is -0.220. The number of nitrogens with one attached hydrogen (secondary N) is 1. The molecule has 41 heavy (non-hydrogen) atoms. The van der Waals surface area contributed by atoms with Crippen molar-refractivity contribution < 1.29 is 28.4 Å². The van der Waals surface area contributed by atoms with Crippen molar-refractivity contribution in [2.75, 3.05) is 19.8 Å². The summed E-state index contributed by atoms with van der Waals surface area (Å²) in [6, 6.07) is -0.876. The summed E-state index contributed by atoms with van der Waals surface area (Å²) in [6.07, 6.45) is 30.5. The van der Waals surface area contributed by atoms with Gasteiger partial charge in [0.1, 0.15) is 0 Å². The van der Waals surface area contributed by atoms with Crippen LogP contribution in [0.15, 0.2) is 36.5 Å². The summed E-state index contributed by atoms with van der Waals surface area (Å²) in [6.45, 7) is 4.00. The average Bonchev–Trinajstić information content (AvgIpc) is 2.95. The third-order valence-electron chi connectivity index (χ3n) is 6.69. The molecule has 0 bridgehead atoms. The van der Waals surface area contributed by atoms with Crippen molar-refractivity contribution in [2.24, 2.45) is 5.73 Å². The summed E-state index contributed by atoms with van der Waals surface area (Å²) in [7, 11) is -4.33. The molecule has 0 radical (unpaired) electrons. The van der Waals surface area contributed by atoms with Gasteiger partial charge in [0.05, 0.1) is 25.4 Å². The number of phosphoric ester groups is 1. The molecule has 8 nitrogen and oxygen atoms in total. The number of phosphoric acid groups is 1. The van der Waals surface area contributed by atoms with Crippen LogP contribution in [-0.4, -0.2) is 47.8 Å². The first-order chi connectivity index (χ1) is 19.9. The van der Waals surface area contributed by atoms with Crippen LogP contribution in [0.1, 0.15) is 129 Å². The minimum Gasteiger partial charge on any atom is -0.387 e. The van der Waals surface area contributed by atoms with Crippen LogP contribution in [0, 0.1) is 0 Å². The Kier molecular flexibility index (Phi) is 27.9. The summed E-state index contributed by atoms with van der Waals surface area (Å²) < 4.78 is 21.9. The molecule has 0 aliphatic rings. The number of hydrogen-bond acceptors (Lipinski definition) is 6. The van der Waals surface area contributed by atoms with E-state index in [1.165, 1.54) is 51.4 Å². The molecular formula is C32H61N2O6P. The topological polar surface area (TPSA) is 131 Å². The third-order valence-corrected chi connectivity index (χ3v) is 7.67. The highest BCUT2D eigenvalue weighted by atomic mass is 31.2. The van der Waals surface area contributed by atoms with E-state index < -0.39 is 20.0 Å². The number of aliphatic hydroxyl groups is 1. The minimum atomic E-state index is -4.33. The lowest BCUT2D eigenvalue weighted by molar-refractivity contribution is -0.123. The van der Waals surface area contributed by atoms with E-state index in [2.05, 4.69) is 43.5 Å². The summed E-state index contributed by atoms with van der Waals surface area (Å²) in [5.41, 5.74) is 5.32. The van der Waals surface area contributed by atoms with Crippen molar-refractivity contribution in [2.45, 2.75) is 142 Å². The molecule has 3 unspecified atom stereocenters. The molecule has 0 fully saturated rings. The molecule has 0 saturated heterocycles. The predicted molar refractivity (Wildman–Crippen MR) is 171 cm³/mol. The standard InChI is InChI=1S/C32H61N2O6P/c1-3-5-7-9-11-13-14-15-16-18-20-22-24-26-32(36)34-30(29-40-41(37,38)39-28-27-33)31(35)25-23-21-19-17-12-10-8-6-4-2/h12-14,17,23,25,30-31,35H,3-11,15-16,18-22,24,26-29,33H2,1-2H3,(H,34,36)(H,37,38)/b14-13-,17-12+,25-23+. The monoisotopic (exact) mass is 600 g/mol. The van der Waals surface area contributed by atoms with Gasteiger partial charge in [-0.2, -0.15) is 0 Å². The van der Waals surface area contributed by atoms with Gasteiger partial charge in [-0.1, -0.05) is 102 Å². The molecule has 0 heterocycles. The Balaban J connectivity index is 4.46. The second kappa shape index (κ2) is 28.8. The minimum absolute atomic E-state index is 0.0717. The van der Waals surface area contributed by atoms with Crippen LogP contribution < -0.4 is 11.1 Å². The Morgan fingerprint density at radius 1 is 0.780 bits per heavy atom. The van der Waals surface area contributed by atoms with Crippen LogP contribution in [0.4, 0.5) is 0 Å². The number of hydrogen-bond donors (Lipinski definition) is 4. The first kappa shape index (κ1) is 39.7. The van der Waals surface area contributed by atoms with Crippen LogP contribution in [0.2, 0.25) is 0 Å². The maximum atomic E-state index is 12.6. The summed E-state index contributed by atoms with van der Waals surface area (Å²) in [4.78, 5) is 22.4. The molecule has 0 rings (SSSR count). The van der Waals surface area contributed by atoms with Crippen LogP contribution in [-0.2, 0) is 18.4 Å². The fraction of sp³-hybridized carbons (Fsp3) is 0.781. The zero-order chi connectivity index (χ0) is 30.4. The van der Waals surface area contributed by atoms with Crippen LogP contribution in [0.3, 0.4) is 0 Å². The maximum Gasteiger partial charge on any atom is 0.472 e. The second-order valence-corrected chi connectivity index (χ2v) is 12.1. The molecule has 0 spiro atoms. The van der Waals surface area contributed by atoms with Crippen LogP contribution >= 0.6 is 7.82 Å². The Bertz CT molecular complexity index is 744. The Hall–Kier alpha value is -1.28. The lowest BCUT2D eigenvalue weighted by Crippen LogP contribution is -2.45. The normalized spacial score (nSPS) is 15.1. The number of aliphatic hydroxyl groups excluding tert-OH is 1. The van der Waals surface area contributed by atoms with Gasteiger partial charge in [0, 0.05) is 13.0 Å². The van der Waals surface area contributed by atoms with E-state index in [9.17, 15) is 19.4 Å². The van der Waals surface area contributed by atoms with Gasteiger partial charge < -0.3 is 21.1 Å². The summed E-state index contributed by atoms with van der Waals surface area (Å²) >= 11 is 0. The molecular weight excluding hydrogens is 539 g/mol. The van der Waals surface area contributed by atoms with Crippen molar-refractivity contribution >= 4 is 13.7 Å². The van der Waals surface area contributed by atoms with Gasteiger partial charge >= 0.3 is 7.82 Å². The van der Waals surface area contributed by atoms with Crippen molar-refractivity contribution in [3.05, 3.63) is 36.5 Å². The van der Waals surface area contributed by atoms with Crippen molar-refractivity contribution in [3.63, 3.8) is 0 Å². The SMILES string of the molecule is CCCCC/C=C/CC/C=C/C(O)C(COP(=O)(O)OCCN)NC(=O)CCCCCCC/C=C\CCCCCC. The lowest BCUT2D eigenvalue weighted by atomic mass is 10.1. The zero-order valence-corrected chi connectivity index (χ0v) is 26.9. The van der Waals surface area contributed by atoms with Crippen molar-refractivity contribution in [1.82, 2.24) is 5.32 Å². The smallest absolute Gasteiger partial charge is 0.387 e. The van der Waals surface area contributed by atoms with Gasteiger partial charge in [-0.05, 0) is 57.8 Å². The first-order valence-corrected chi connectivity index (χ1v) is 17.6. The lowest BCUT2D eigenvalue weighted by Gasteiger charge is -2.23. The fourth-order valence-electron chi connectivity index (χ4n) is 4.20. The molecule has 0 aromatic rings. The molecule has 0 aromatic heterocycles. The van der Waals surface area contributed by atoms with Crippen molar-refractivity contribution in [3.8, 4) is 0 Å². The van der Waals surface area contributed by atoms with E-state index in [0.717, 1.165) is 57.8 Å². The number of carbonyl (C=O) groups excluding carboxylic acids is 1. The molecule has 0 aliphatic carbocycles. The van der Waals surface area contributed by atoms with E-state index in [4.69, 9.17) is 14.8 Å². The largest absolute Gasteiger partial charge is 0.472 e. The summed E-state index contributed by atoms with van der Waals surface area (Å²) in [5, 5.41) is 13.4. The molecule has 0 saturated carbocycles. The highest BCUT2D eigenvalue weighted by molar-refractivity contribution is 7.47. The quantitative estimate of drug-likeness (QED) is 0.0394. The fourth-order valence-corrected chi connectivity index (χ4v) is 4.96. The van der Waals surface area contributed by atoms with Gasteiger partial charge in [0.15, 0.2) is 0 Å². The van der Waals surface area contributed by atoms with Gasteiger partial charge in [0.2, 0.25) is 5.91 Å². The van der Waals surface area contributed by atoms with E-state index in [1.807, 2.05) is 6.08 Å². The Morgan fingerprint density at radius 2 is 1.29 bits per heavy atom. The predicted octanol–water partition coefficient (Wildman–Crippen LogP) is 7.65. The second-order valence-electron chi connectivity index (χ2n) is 10.7. The Morgan fingerprint density at radius 3 is 1.93 bits per heavy atom. The van der Waals surface area contributed by atoms with Gasteiger partial charge in [-0.3, -0.25) is 13.8 Å². The first-order valence-electron chi connectivity index (χ1n) is 16.1. The molecule has 3 atom stereocenters. The molecule has 1 amide bonds. The van der Waals surface area contributed by atoms with Crippen molar-refractivity contribution in [1.29, 1.82) is 0 Å². The van der Waals surface area contributed by atoms with Gasteiger partial charge in [0.25, 0.3) is 0 Å². The third kappa shape index (κ3) is 27.3. The van der Waals surface area contributed by atoms with E-state index >= 15 is 0 Å². The average molecular weight is 601 g/mol. The molecule has 0 aliphatic heterocycles. The van der Waals surface area contributed by atoms with E-state index in [1.54, 1.807) is 6.08 Å². The van der Waals surface area contributed by atoms with Crippen LogP contribution in [0.5, 0.6) is 0 Å². The maximum absolute atomic E-state index is 12.6. The van der Waals surface area contributed by atoms with E-state index in [-0.39, 0.29) is 25.7 Å². The van der Waals surface area contributed by atoms with Gasteiger partial charge in [-0.15, -0.1) is 0 Å². The zero-order valence-electron chi connectivity index (χ0n) is 26.0. The Labute approximate surface area is 250 Å². The number of amides is 1. The number of allylic oxidation sites excluding steroid dienone is 5. The number of rotatable bonds is 29. The molecule has 9 heteroatoms. The molecule has 0 aromatic carbocycles. The van der Waals surface area contributed by atoms with Gasteiger partial charge in [-0.25, -0.2) is 4.57 Å². The highest BCUT2D eigenvalue weighted by Crippen LogP contribution is 2.43. The highest BCUT2D eigenvalue weighted by Gasteiger charge is 2.26. The number of unbranched alkanes of at least 4 members (excludes halogenated alkanes) is 13. The van der Waals surface area contributed by atoms with Crippen LogP contribution in [0.25, 0.3) is 0 Å². The van der Waals surface area contributed by atoms with E-state index in [0.29, 0.717) is 6.42 Å². The number of nitrogens with two attached hydrogens (primary N) is 1.